The van der Waals surface area contributed by atoms with Gasteiger partial charge in [-0.1, -0.05) is 17.7 Å². The van der Waals surface area contributed by atoms with Gasteiger partial charge in [0, 0.05) is 24.0 Å². The fourth-order valence-corrected chi connectivity index (χ4v) is 4.15. The summed E-state index contributed by atoms with van der Waals surface area (Å²) in [5.74, 6) is -0.691. The zero-order chi connectivity index (χ0) is 22.4. The van der Waals surface area contributed by atoms with Gasteiger partial charge < -0.3 is 14.6 Å². The number of halogens is 2. The van der Waals surface area contributed by atoms with Crippen LogP contribution in [-0.4, -0.2) is 22.6 Å². The predicted molar refractivity (Wildman–Crippen MR) is 118 cm³/mol. The van der Waals surface area contributed by atoms with Crippen molar-refractivity contribution in [1.29, 1.82) is 0 Å². The molecule has 1 aliphatic carbocycles. The number of fused-ring (bicyclic) bond motifs is 1. The number of ether oxygens (including phenoxy) is 1. The molecule has 1 saturated carbocycles. The van der Waals surface area contributed by atoms with E-state index in [4.69, 9.17) is 16.3 Å². The first-order valence-electron chi connectivity index (χ1n) is 10.1. The van der Waals surface area contributed by atoms with Crippen LogP contribution in [0.2, 0.25) is 5.02 Å². The molecule has 0 aliphatic heterocycles. The molecule has 2 heterocycles. The van der Waals surface area contributed by atoms with Crippen LogP contribution in [0.3, 0.4) is 0 Å². The quantitative estimate of drug-likeness (QED) is 0.633. The van der Waals surface area contributed by atoms with Crippen LogP contribution in [0.15, 0.2) is 29.1 Å². The van der Waals surface area contributed by atoms with Crippen LogP contribution < -0.4 is 15.6 Å². The minimum absolute atomic E-state index is 0.0776. The van der Waals surface area contributed by atoms with Crippen LogP contribution in [0.4, 0.5) is 4.39 Å². The Morgan fingerprint density at radius 1 is 1.35 bits per heavy atom. The summed E-state index contributed by atoms with van der Waals surface area (Å²) in [7, 11) is 3.01. The number of aryl methyl sites for hydroxylation is 2. The topological polar surface area (TPSA) is 73.2 Å². The van der Waals surface area contributed by atoms with Crippen molar-refractivity contribution in [1.82, 2.24) is 14.9 Å². The largest absolute Gasteiger partial charge is 0.494 e. The number of nitrogens with one attached hydrogen (secondary N) is 1. The zero-order valence-electron chi connectivity index (χ0n) is 17.8. The van der Waals surface area contributed by atoms with Gasteiger partial charge in [0.1, 0.15) is 5.56 Å². The van der Waals surface area contributed by atoms with Gasteiger partial charge in [0.25, 0.3) is 11.5 Å². The fourth-order valence-electron chi connectivity index (χ4n) is 3.84. The second kappa shape index (κ2) is 7.96. The van der Waals surface area contributed by atoms with Crippen LogP contribution in [0.5, 0.6) is 5.75 Å². The third-order valence-electron chi connectivity index (χ3n) is 5.67. The van der Waals surface area contributed by atoms with E-state index in [1.807, 2.05) is 6.92 Å². The SMILES string of the molecule is COc1cc([C@H](C)NC(=O)c2c(Cl)c3cc(C)nc(C4CC4)c3n(C)c2=O)ccc1F. The number of aromatic nitrogens is 2. The Hall–Kier alpha value is -2.93. The monoisotopic (exact) mass is 443 g/mol. The number of amides is 1. The minimum atomic E-state index is -0.592. The number of hydrogen-bond donors (Lipinski definition) is 1. The van der Waals surface area contributed by atoms with Crippen molar-refractivity contribution in [2.45, 2.75) is 38.6 Å². The predicted octanol–water partition coefficient (Wildman–Crippen LogP) is 4.41. The molecule has 4 rings (SSSR count). The van der Waals surface area contributed by atoms with E-state index in [0.717, 1.165) is 24.2 Å². The smallest absolute Gasteiger partial charge is 0.265 e. The maximum absolute atomic E-state index is 13.7. The molecule has 1 atom stereocenters. The van der Waals surface area contributed by atoms with Crippen LogP contribution in [0.1, 0.15) is 59.0 Å². The molecular formula is C23H23ClFN3O3. The Morgan fingerprint density at radius 2 is 2.06 bits per heavy atom. The molecule has 2 aromatic heterocycles. The number of benzene rings is 1. The van der Waals surface area contributed by atoms with Crippen molar-refractivity contribution in [3.05, 3.63) is 68.0 Å². The molecular weight excluding hydrogens is 421 g/mol. The molecule has 8 heteroatoms. The number of pyridine rings is 2. The number of hydrogen-bond acceptors (Lipinski definition) is 4. The average molecular weight is 444 g/mol. The van der Waals surface area contributed by atoms with Crippen LogP contribution in [-0.2, 0) is 7.05 Å². The highest BCUT2D eigenvalue weighted by atomic mass is 35.5. The summed E-state index contributed by atoms with van der Waals surface area (Å²) >= 11 is 6.61. The molecule has 1 aromatic carbocycles. The molecule has 0 spiro atoms. The molecule has 162 valence electrons. The number of nitrogens with zero attached hydrogens (tertiary/aromatic N) is 2. The molecule has 1 fully saturated rings. The summed E-state index contributed by atoms with van der Waals surface area (Å²) in [6, 6.07) is 5.64. The minimum Gasteiger partial charge on any atom is -0.494 e. The van der Waals surface area contributed by atoms with E-state index in [0.29, 0.717) is 22.4 Å². The molecule has 0 saturated heterocycles. The van der Waals surface area contributed by atoms with Crippen LogP contribution in [0, 0.1) is 12.7 Å². The van der Waals surface area contributed by atoms with Gasteiger partial charge in [-0.25, -0.2) is 4.39 Å². The molecule has 1 amide bonds. The van der Waals surface area contributed by atoms with Crippen molar-refractivity contribution in [3.8, 4) is 5.75 Å². The van der Waals surface area contributed by atoms with Gasteiger partial charge in [0.2, 0.25) is 0 Å². The lowest BCUT2D eigenvalue weighted by Gasteiger charge is -2.18. The summed E-state index contributed by atoms with van der Waals surface area (Å²) in [6.45, 7) is 3.61. The second-order valence-corrected chi connectivity index (χ2v) is 8.34. The molecule has 0 bridgehead atoms. The van der Waals surface area contributed by atoms with Crippen molar-refractivity contribution >= 4 is 28.4 Å². The first-order valence-corrected chi connectivity index (χ1v) is 10.4. The van der Waals surface area contributed by atoms with Gasteiger partial charge in [0.15, 0.2) is 11.6 Å². The number of methoxy groups -OCH3 is 1. The van der Waals surface area contributed by atoms with Crippen molar-refractivity contribution < 1.29 is 13.9 Å². The normalized spacial score (nSPS) is 14.5. The van der Waals surface area contributed by atoms with Gasteiger partial charge in [0.05, 0.1) is 29.4 Å². The Bertz CT molecular complexity index is 1270. The first-order chi connectivity index (χ1) is 14.7. The Labute approximate surface area is 184 Å². The third-order valence-corrected chi connectivity index (χ3v) is 6.06. The summed E-state index contributed by atoms with van der Waals surface area (Å²) in [4.78, 5) is 30.8. The zero-order valence-corrected chi connectivity index (χ0v) is 18.5. The van der Waals surface area contributed by atoms with Crippen LogP contribution >= 0.6 is 11.6 Å². The maximum Gasteiger partial charge on any atom is 0.265 e. The van der Waals surface area contributed by atoms with Gasteiger partial charge >= 0.3 is 0 Å². The number of rotatable bonds is 5. The van der Waals surface area contributed by atoms with E-state index >= 15 is 0 Å². The highest BCUT2D eigenvalue weighted by molar-refractivity contribution is 6.38. The van der Waals surface area contributed by atoms with Crippen LogP contribution in [0.25, 0.3) is 10.9 Å². The summed E-state index contributed by atoms with van der Waals surface area (Å²) in [5.41, 5.74) is 2.35. The summed E-state index contributed by atoms with van der Waals surface area (Å²) < 4.78 is 20.2. The number of carbonyl (C=O) groups excluding carboxylic acids is 1. The lowest BCUT2D eigenvalue weighted by molar-refractivity contribution is 0.0938. The fraction of sp³-hybridized carbons (Fsp3) is 0.348. The molecule has 3 aromatic rings. The van der Waals surface area contributed by atoms with E-state index < -0.39 is 23.3 Å². The number of carbonyl (C=O) groups is 1. The van der Waals surface area contributed by atoms with Crippen molar-refractivity contribution in [2.24, 2.45) is 7.05 Å². The summed E-state index contributed by atoms with van der Waals surface area (Å²) in [5, 5.41) is 3.55. The standard InChI is InChI=1S/C23H23ClFN3O3/c1-11-9-15-19(24)18(23(30)28(3)21(15)20(26-11)13-5-6-13)22(29)27-12(2)14-7-8-16(25)17(10-14)31-4/h7-10,12-13H,5-6H2,1-4H3,(H,27,29)/t12-/m0/s1. The van der Waals surface area contributed by atoms with Gasteiger partial charge in [-0.3, -0.25) is 14.6 Å². The molecule has 1 aliphatic rings. The summed E-state index contributed by atoms with van der Waals surface area (Å²) in [6.07, 6.45) is 2.05. The Morgan fingerprint density at radius 3 is 2.71 bits per heavy atom. The lowest BCUT2D eigenvalue weighted by atomic mass is 10.1. The van der Waals surface area contributed by atoms with Gasteiger partial charge in [-0.05, 0) is 50.5 Å². The van der Waals surface area contributed by atoms with E-state index in [2.05, 4.69) is 10.3 Å². The Balaban J connectivity index is 1.76. The Kier molecular flexibility index (Phi) is 5.47. The molecule has 0 unspecified atom stereocenters. The highest BCUT2D eigenvalue weighted by Gasteiger charge is 2.31. The second-order valence-electron chi connectivity index (χ2n) is 7.96. The van der Waals surface area contributed by atoms with E-state index in [-0.39, 0.29) is 16.3 Å². The van der Waals surface area contributed by atoms with Crippen molar-refractivity contribution in [2.75, 3.05) is 7.11 Å². The van der Waals surface area contributed by atoms with E-state index in [9.17, 15) is 14.0 Å². The third kappa shape index (κ3) is 3.78. The molecule has 31 heavy (non-hydrogen) atoms. The first kappa shape index (κ1) is 21.3. The van der Waals surface area contributed by atoms with E-state index in [1.165, 1.54) is 23.8 Å². The lowest BCUT2D eigenvalue weighted by Crippen LogP contribution is -2.34. The van der Waals surface area contributed by atoms with Gasteiger partial charge in [-0.2, -0.15) is 0 Å². The molecule has 0 radical (unpaired) electrons. The molecule has 1 N–H and O–H groups in total. The maximum atomic E-state index is 13.7. The van der Waals surface area contributed by atoms with Gasteiger partial charge in [-0.15, -0.1) is 0 Å². The highest BCUT2D eigenvalue weighted by Crippen LogP contribution is 2.43. The molecule has 6 nitrogen and oxygen atoms in total. The average Bonchev–Trinajstić information content (AvgIpc) is 3.57. The van der Waals surface area contributed by atoms with Crippen molar-refractivity contribution in [3.63, 3.8) is 0 Å². The van der Waals surface area contributed by atoms with E-state index in [1.54, 1.807) is 26.1 Å².